The number of ketones is 1. The fraction of sp³-hybridized carbons (Fsp3) is 0.261. The Morgan fingerprint density at radius 1 is 1.23 bits per heavy atom. The highest BCUT2D eigenvalue weighted by Gasteiger charge is 2.22. The molecular weight excluding hydrogens is 435 g/mol. The highest BCUT2D eigenvalue weighted by molar-refractivity contribution is 7.99. The maximum absolute atomic E-state index is 14.0. The zero-order chi connectivity index (χ0) is 21.4. The summed E-state index contributed by atoms with van der Waals surface area (Å²) in [5, 5.41) is 1.38. The molecule has 2 aromatic heterocycles. The van der Waals surface area contributed by atoms with Crippen molar-refractivity contribution in [1.82, 2.24) is 9.55 Å². The Bertz CT molecular complexity index is 1340. The Morgan fingerprint density at radius 2 is 2.03 bits per heavy atom. The van der Waals surface area contributed by atoms with Gasteiger partial charge in [0, 0.05) is 16.7 Å². The molecule has 0 saturated carbocycles. The average molecular weight is 455 g/mol. The molecule has 1 aliphatic rings. The van der Waals surface area contributed by atoms with Gasteiger partial charge in [-0.15, -0.1) is 11.3 Å². The van der Waals surface area contributed by atoms with Gasteiger partial charge in [-0.2, -0.15) is 0 Å². The number of Topliss-reactive ketones (excluding diaryl/α,β-unsaturated/α-hetero) is 1. The van der Waals surface area contributed by atoms with Gasteiger partial charge in [-0.1, -0.05) is 42.1 Å². The van der Waals surface area contributed by atoms with E-state index in [1.54, 1.807) is 16.7 Å². The maximum Gasteiger partial charge on any atom is 0.272 e. The van der Waals surface area contributed by atoms with Gasteiger partial charge in [-0.05, 0) is 31.0 Å². The quantitative estimate of drug-likeness (QED) is 0.236. The molecule has 3 heterocycles. The van der Waals surface area contributed by atoms with Crippen molar-refractivity contribution in [3.05, 3.63) is 70.3 Å². The van der Waals surface area contributed by atoms with Gasteiger partial charge >= 0.3 is 0 Å². The van der Waals surface area contributed by atoms with E-state index in [0.717, 1.165) is 22.9 Å². The Kier molecular flexibility index (Phi) is 5.60. The van der Waals surface area contributed by atoms with Gasteiger partial charge in [0.25, 0.3) is 5.56 Å². The molecule has 4 aromatic rings. The van der Waals surface area contributed by atoms with Crippen molar-refractivity contribution in [2.75, 3.05) is 12.4 Å². The van der Waals surface area contributed by atoms with Crippen LogP contribution in [-0.2, 0) is 11.3 Å². The van der Waals surface area contributed by atoms with E-state index in [2.05, 4.69) is 0 Å². The molecular formula is C23H19FN2O3S2. The Labute approximate surface area is 185 Å². The first-order chi connectivity index (χ1) is 15.1. The molecule has 0 radical (unpaired) electrons. The van der Waals surface area contributed by atoms with Crippen molar-refractivity contribution in [1.29, 1.82) is 0 Å². The SMILES string of the molecule is O=C(CSc1nc2c(sc3ccccc32)c(=O)n1C[C@@H]1CCCO1)c1ccccc1F. The lowest BCUT2D eigenvalue weighted by atomic mass is 10.1. The number of benzene rings is 2. The molecule has 0 N–H and O–H groups in total. The highest BCUT2D eigenvalue weighted by atomic mass is 32.2. The lowest BCUT2D eigenvalue weighted by Crippen LogP contribution is -2.28. The predicted octanol–water partition coefficient (Wildman–Crippen LogP) is 4.90. The third-order valence-corrected chi connectivity index (χ3v) is 7.49. The first kappa shape index (κ1) is 20.4. The lowest BCUT2D eigenvalue weighted by molar-refractivity contribution is 0.0938. The van der Waals surface area contributed by atoms with Crippen LogP contribution in [0.1, 0.15) is 23.2 Å². The molecule has 158 valence electrons. The lowest BCUT2D eigenvalue weighted by Gasteiger charge is -2.15. The molecule has 31 heavy (non-hydrogen) atoms. The van der Waals surface area contributed by atoms with Gasteiger partial charge in [0.1, 0.15) is 10.5 Å². The van der Waals surface area contributed by atoms with Crippen molar-refractivity contribution in [3.8, 4) is 0 Å². The number of hydrogen-bond donors (Lipinski definition) is 0. The number of fused-ring (bicyclic) bond motifs is 3. The first-order valence-corrected chi connectivity index (χ1v) is 11.9. The van der Waals surface area contributed by atoms with E-state index in [9.17, 15) is 14.0 Å². The number of carbonyl (C=O) groups excluding carboxylic acids is 1. The molecule has 1 saturated heterocycles. The normalized spacial score (nSPS) is 16.4. The molecule has 1 fully saturated rings. The molecule has 1 aliphatic heterocycles. The van der Waals surface area contributed by atoms with Gasteiger partial charge in [-0.3, -0.25) is 14.2 Å². The van der Waals surface area contributed by atoms with E-state index >= 15 is 0 Å². The number of nitrogens with zero attached hydrogens (tertiary/aromatic N) is 2. The van der Waals surface area contributed by atoms with Crippen LogP contribution in [0.3, 0.4) is 0 Å². The Balaban J connectivity index is 1.55. The van der Waals surface area contributed by atoms with E-state index in [0.29, 0.717) is 28.5 Å². The van der Waals surface area contributed by atoms with Gasteiger partial charge in [0.05, 0.1) is 29.5 Å². The second-order valence-electron chi connectivity index (χ2n) is 7.41. The first-order valence-electron chi connectivity index (χ1n) is 10.1. The topological polar surface area (TPSA) is 61.2 Å². The highest BCUT2D eigenvalue weighted by Crippen LogP contribution is 2.32. The van der Waals surface area contributed by atoms with Crippen molar-refractivity contribution < 1.29 is 13.9 Å². The minimum absolute atomic E-state index is 0.00747. The molecule has 0 spiro atoms. The summed E-state index contributed by atoms with van der Waals surface area (Å²) in [6.45, 7) is 1.08. The van der Waals surface area contributed by atoms with Crippen LogP contribution in [-0.4, -0.2) is 33.8 Å². The van der Waals surface area contributed by atoms with E-state index in [-0.39, 0.29) is 28.8 Å². The van der Waals surface area contributed by atoms with Gasteiger partial charge in [0.15, 0.2) is 10.9 Å². The van der Waals surface area contributed by atoms with Crippen molar-refractivity contribution in [3.63, 3.8) is 0 Å². The largest absolute Gasteiger partial charge is 0.376 e. The number of thiophene rings is 1. The van der Waals surface area contributed by atoms with Crippen molar-refractivity contribution >= 4 is 49.2 Å². The predicted molar refractivity (Wildman–Crippen MR) is 122 cm³/mol. The minimum Gasteiger partial charge on any atom is -0.376 e. The Hall–Kier alpha value is -2.55. The fourth-order valence-electron chi connectivity index (χ4n) is 3.81. The number of hydrogen-bond acceptors (Lipinski definition) is 6. The van der Waals surface area contributed by atoms with Crippen molar-refractivity contribution in [2.45, 2.75) is 30.6 Å². The fourth-order valence-corrected chi connectivity index (χ4v) is 5.79. The summed E-state index contributed by atoms with van der Waals surface area (Å²) in [7, 11) is 0. The van der Waals surface area contributed by atoms with Gasteiger partial charge in [-0.25, -0.2) is 9.37 Å². The third-order valence-electron chi connectivity index (χ3n) is 5.36. The molecule has 5 rings (SSSR count). The van der Waals surface area contributed by atoms with Crippen LogP contribution < -0.4 is 5.56 Å². The number of aromatic nitrogens is 2. The number of halogens is 1. The summed E-state index contributed by atoms with van der Waals surface area (Å²) < 4.78 is 23.0. The van der Waals surface area contributed by atoms with Crippen LogP contribution in [0.5, 0.6) is 0 Å². The smallest absolute Gasteiger partial charge is 0.272 e. The summed E-state index contributed by atoms with van der Waals surface area (Å²) in [6, 6.07) is 13.7. The number of thioether (sulfide) groups is 1. The summed E-state index contributed by atoms with van der Waals surface area (Å²) in [4.78, 5) is 30.8. The van der Waals surface area contributed by atoms with Crippen LogP contribution in [0.25, 0.3) is 20.3 Å². The average Bonchev–Trinajstić information content (AvgIpc) is 3.42. The molecule has 0 amide bonds. The zero-order valence-electron chi connectivity index (χ0n) is 16.5. The van der Waals surface area contributed by atoms with E-state index in [4.69, 9.17) is 9.72 Å². The Morgan fingerprint density at radius 3 is 2.84 bits per heavy atom. The van der Waals surface area contributed by atoms with Crippen LogP contribution in [0, 0.1) is 5.82 Å². The van der Waals surface area contributed by atoms with Crippen molar-refractivity contribution in [2.24, 2.45) is 0 Å². The summed E-state index contributed by atoms with van der Waals surface area (Å²) >= 11 is 2.60. The monoisotopic (exact) mass is 454 g/mol. The third kappa shape index (κ3) is 3.91. The van der Waals surface area contributed by atoms with Crippen LogP contribution >= 0.6 is 23.1 Å². The van der Waals surface area contributed by atoms with Crippen LogP contribution in [0.4, 0.5) is 4.39 Å². The molecule has 0 bridgehead atoms. The van der Waals surface area contributed by atoms with Gasteiger partial charge < -0.3 is 4.74 Å². The molecule has 2 aromatic carbocycles. The number of rotatable bonds is 6. The molecule has 1 atom stereocenters. The summed E-state index contributed by atoms with van der Waals surface area (Å²) in [6.07, 6.45) is 1.80. The molecule has 0 aliphatic carbocycles. The zero-order valence-corrected chi connectivity index (χ0v) is 18.2. The summed E-state index contributed by atoms with van der Waals surface area (Å²) in [5.74, 6) is -0.889. The minimum atomic E-state index is -0.544. The molecule has 8 heteroatoms. The maximum atomic E-state index is 14.0. The van der Waals surface area contributed by atoms with Crippen LogP contribution in [0.2, 0.25) is 0 Å². The van der Waals surface area contributed by atoms with E-state index in [1.807, 2.05) is 24.3 Å². The summed E-state index contributed by atoms with van der Waals surface area (Å²) in [5.41, 5.74) is 0.572. The standard InChI is InChI=1S/C23H19FN2O3S2/c24-17-9-3-1-7-15(17)18(27)13-30-23-25-20-16-8-2-4-10-19(16)31-21(20)22(28)26(23)12-14-6-5-11-29-14/h1-4,7-10,14H,5-6,11-13H2/t14-/m0/s1. The molecule has 0 unspecified atom stereocenters. The second-order valence-corrected chi connectivity index (χ2v) is 9.41. The molecule has 5 nitrogen and oxygen atoms in total. The number of carbonyl (C=O) groups is 1. The number of ether oxygens (including phenoxy) is 1. The van der Waals surface area contributed by atoms with E-state index in [1.165, 1.54) is 35.2 Å². The van der Waals surface area contributed by atoms with Gasteiger partial charge in [0.2, 0.25) is 0 Å². The second kappa shape index (κ2) is 8.53. The van der Waals surface area contributed by atoms with Crippen LogP contribution in [0.15, 0.2) is 58.5 Å². The van der Waals surface area contributed by atoms with E-state index < -0.39 is 5.82 Å².